The number of urea groups is 1. The molecule has 8 heteroatoms. The summed E-state index contributed by atoms with van der Waals surface area (Å²) in [5.74, 6) is 0.0354. The van der Waals surface area contributed by atoms with E-state index in [1.165, 1.54) is 0 Å². The number of piperidine rings is 1. The van der Waals surface area contributed by atoms with Gasteiger partial charge in [0.05, 0.1) is 18.7 Å². The van der Waals surface area contributed by atoms with Crippen LogP contribution >= 0.6 is 0 Å². The van der Waals surface area contributed by atoms with E-state index in [1.807, 2.05) is 0 Å². The molecule has 0 aromatic rings. The molecule has 2 heterocycles. The van der Waals surface area contributed by atoms with Gasteiger partial charge in [0, 0.05) is 37.3 Å². The number of ether oxygens (including phenoxy) is 1. The maximum absolute atomic E-state index is 12.1. The number of rotatable bonds is 6. The van der Waals surface area contributed by atoms with E-state index in [4.69, 9.17) is 4.74 Å². The maximum Gasteiger partial charge on any atom is 0.337 e. The fourth-order valence-electron chi connectivity index (χ4n) is 3.20. The van der Waals surface area contributed by atoms with Crippen LogP contribution in [0.15, 0.2) is 11.3 Å². The molecular weight excluding hydrogens is 324 g/mol. The standard InChI is InChI=1S/C17H26N4O4/c1-2-25-16(23)13-9-18-17(24)20-14(13)10-21-7-5-12(6-8-21)19-15(22)11-3-4-11/h11-12H,2-10H2,1H3,(H,19,22)(H2,18,20,24). The van der Waals surface area contributed by atoms with E-state index in [0.717, 1.165) is 38.8 Å². The summed E-state index contributed by atoms with van der Waals surface area (Å²) in [6.45, 7) is 4.39. The molecule has 0 radical (unpaired) electrons. The average molecular weight is 350 g/mol. The lowest BCUT2D eigenvalue weighted by Crippen LogP contribution is -2.49. The summed E-state index contributed by atoms with van der Waals surface area (Å²) in [6.07, 6.45) is 3.80. The van der Waals surface area contributed by atoms with Gasteiger partial charge in [-0.1, -0.05) is 0 Å². The highest BCUT2D eigenvalue weighted by molar-refractivity contribution is 5.93. The lowest BCUT2D eigenvalue weighted by Gasteiger charge is -2.34. The number of nitrogens with one attached hydrogen (secondary N) is 3. The maximum atomic E-state index is 12.1. The van der Waals surface area contributed by atoms with Gasteiger partial charge in [0.25, 0.3) is 0 Å². The molecule has 3 rings (SSSR count). The summed E-state index contributed by atoms with van der Waals surface area (Å²) in [5, 5.41) is 8.47. The first-order valence-corrected chi connectivity index (χ1v) is 9.03. The van der Waals surface area contributed by atoms with Crippen molar-refractivity contribution in [1.82, 2.24) is 20.9 Å². The summed E-state index contributed by atoms with van der Waals surface area (Å²) >= 11 is 0. The van der Waals surface area contributed by atoms with Crippen LogP contribution in [0.5, 0.6) is 0 Å². The number of carbonyl (C=O) groups is 3. The van der Waals surface area contributed by atoms with Crippen LogP contribution in [0.1, 0.15) is 32.6 Å². The van der Waals surface area contributed by atoms with Gasteiger partial charge in [0.15, 0.2) is 0 Å². The molecule has 3 amide bonds. The molecule has 8 nitrogen and oxygen atoms in total. The third-order valence-electron chi connectivity index (χ3n) is 4.84. The van der Waals surface area contributed by atoms with Crippen molar-refractivity contribution in [2.45, 2.75) is 38.6 Å². The Balaban J connectivity index is 1.54. The normalized spacial score (nSPS) is 22.2. The zero-order valence-electron chi connectivity index (χ0n) is 14.6. The molecule has 3 N–H and O–H groups in total. The van der Waals surface area contributed by atoms with Crippen molar-refractivity contribution >= 4 is 17.9 Å². The van der Waals surface area contributed by atoms with Crippen LogP contribution in [-0.4, -0.2) is 61.6 Å². The number of hydrogen-bond donors (Lipinski definition) is 3. The summed E-state index contributed by atoms with van der Waals surface area (Å²) in [4.78, 5) is 37.7. The van der Waals surface area contributed by atoms with Crippen molar-refractivity contribution in [1.29, 1.82) is 0 Å². The van der Waals surface area contributed by atoms with Crippen LogP contribution < -0.4 is 16.0 Å². The van der Waals surface area contributed by atoms with Crippen molar-refractivity contribution in [3.63, 3.8) is 0 Å². The van der Waals surface area contributed by atoms with Gasteiger partial charge in [-0.3, -0.25) is 9.69 Å². The van der Waals surface area contributed by atoms with Gasteiger partial charge in [-0.05, 0) is 32.6 Å². The summed E-state index contributed by atoms with van der Waals surface area (Å²) in [6, 6.07) is -0.0694. The molecule has 1 saturated heterocycles. The van der Waals surface area contributed by atoms with E-state index in [-0.39, 0.29) is 30.4 Å². The Morgan fingerprint density at radius 2 is 1.96 bits per heavy atom. The van der Waals surface area contributed by atoms with Crippen molar-refractivity contribution in [2.24, 2.45) is 5.92 Å². The molecule has 3 aliphatic rings. The van der Waals surface area contributed by atoms with Gasteiger partial charge in [0.2, 0.25) is 5.91 Å². The van der Waals surface area contributed by atoms with E-state index in [2.05, 4.69) is 20.9 Å². The Morgan fingerprint density at radius 1 is 1.24 bits per heavy atom. The van der Waals surface area contributed by atoms with Crippen LogP contribution in [0.3, 0.4) is 0 Å². The molecule has 0 unspecified atom stereocenters. The highest BCUT2D eigenvalue weighted by Gasteiger charge is 2.32. The minimum Gasteiger partial charge on any atom is -0.463 e. The van der Waals surface area contributed by atoms with Crippen LogP contribution in [-0.2, 0) is 14.3 Å². The predicted molar refractivity (Wildman–Crippen MR) is 90.5 cm³/mol. The van der Waals surface area contributed by atoms with Gasteiger partial charge in [-0.2, -0.15) is 0 Å². The third-order valence-corrected chi connectivity index (χ3v) is 4.84. The molecule has 0 atom stereocenters. The lowest BCUT2D eigenvalue weighted by molar-refractivity contribution is -0.138. The first-order chi connectivity index (χ1) is 12.1. The van der Waals surface area contributed by atoms with Crippen LogP contribution in [0.25, 0.3) is 0 Å². The Labute approximate surface area is 147 Å². The van der Waals surface area contributed by atoms with Gasteiger partial charge in [0.1, 0.15) is 0 Å². The third kappa shape index (κ3) is 4.72. The lowest BCUT2D eigenvalue weighted by atomic mass is 10.0. The summed E-state index contributed by atoms with van der Waals surface area (Å²) < 4.78 is 5.07. The van der Waals surface area contributed by atoms with Gasteiger partial charge < -0.3 is 20.7 Å². The molecular formula is C17H26N4O4. The molecule has 0 aromatic carbocycles. The van der Waals surface area contributed by atoms with Gasteiger partial charge in [-0.15, -0.1) is 0 Å². The Kier molecular flexibility index (Phi) is 5.57. The topological polar surface area (TPSA) is 99.8 Å². The second-order valence-corrected chi connectivity index (χ2v) is 6.82. The van der Waals surface area contributed by atoms with E-state index in [0.29, 0.717) is 24.4 Å². The van der Waals surface area contributed by atoms with Crippen molar-refractivity contribution in [3.8, 4) is 0 Å². The Morgan fingerprint density at radius 3 is 2.60 bits per heavy atom. The summed E-state index contributed by atoms with van der Waals surface area (Å²) in [7, 11) is 0. The van der Waals surface area contributed by atoms with Crippen molar-refractivity contribution in [2.75, 3.05) is 32.8 Å². The number of amides is 3. The van der Waals surface area contributed by atoms with E-state index >= 15 is 0 Å². The molecule has 0 spiro atoms. The van der Waals surface area contributed by atoms with E-state index < -0.39 is 5.97 Å². The van der Waals surface area contributed by atoms with Crippen LogP contribution in [0.4, 0.5) is 4.79 Å². The number of likely N-dealkylation sites (tertiary alicyclic amines) is 1. The highest BCUT2D eigenvalue weighted by atomic mass is 16.5. The highest BCUT2D eigenvalue weighted by Crippen LogP contribution is 2.29. The van der Waals surface area contributed by atoms with Crippen LogP contribution in [0, 0.1) is 5.92 Å². The average Bonchev–Trinajstić information content (AvgIpc) is 3.42. The Bertz CT molecular complexity index is 577. The largest absolute Gasteiger partial charge is 0.463 e. The van der Waals surface area contributed by atoms with Gasteiger partial charge >= 0.3 is 12.0 Å². The molecule has 2 fully saturated rings. The summed E-state index contributed by atoms with van der Waals surface area (Å²) in [5.41, 5.74) is 1.09. The molecule has 0 bridgehead atoms. The zero-order valence-corrected chi connectivity index (χ0v) is 14.6. The molecule has 1 saturated carbocycles. The first kappa shape index (κ1) is 17.7. The number of hydrogen-bond acceptors (Lipinski definition) is 5. The fourth-order valence-corrected chi connectivity index (χ4v) is 3.20. The Hall–Kier alpha value is -2.09. The molecule has 0 aromatic heterocycles. The predicted octanol–water partition coefficient (Wildman–Crippen LogP) is 0.107. The molecule has 25 heavy (non-hydrogen) atoms. The van der Waals surface area contributed by atoms with E-state index in [1.54, 1.807) is 6.92 Å². The van der Waals surface area contributed by atoms with Gasteiger partial charge in [-0.25, -0.2) is 9.59 Å². The molecule has 138 valence electrons. The smallest absolute Gasteiger partial charge is 0.337 e. The molecule has 1 aliphatic carbocycles. The minimum atomic E-state index is -0.392. The second kappa shape index (κ2) is 7.86. The quantitative estimate of drug-likeness (QED) is 0.590. The van der Waals surface area contributed by atoms with Crippen molar-refractivity contribution in [3.05, 3.63) is 11.3 Å². The fraction of sp³-hybridized carbons (Fsp3) is 0.706. The molecule has 2 aliphatic heterocycles. The van der Waals surface area contributed by atoms with Crippen LogP contribution in [0.2, 0.25) is 0 Å². The second-order valence-electron chi connectivity index (χ2n) is 6.82. The monoisotopic (exact) mass is 350 g/mol. The number of esters is 1. The SMILES string of the molecule is CCOC(=O)C1=C(CN2CCC(NC(=O)C3CC3)CC2)NC(=O)NC1. The van der Waals surface area contributed by atoms with E-state index in [9.17, 15) is 14.4 Å². The minimum absolute atomic E-state index is 0.188. The number of nitrogens with zero attached hydrogens (tertiary/aromatic N) is 1. The van der Waals surface area contributed by atoms with Crippen molar-refractivity contribution < 1.29 is 19.1 Å². The zero-order chi connectivity index (χ0) is 17.8. The number of carbonyl (C=O) groups excluding carboxylic acids is 3. The first-order valence-electron chi connectivity index (χ1n) is 9.03.